The highest BCUT2D eigenvalue weighted by Crippen LogP contribution is 2.36. The highest BCUT2D eigenvalue weighted by atomic mass is 19.1. The molecule has 2 aliphatic heterocycles. The van der Waals surface area contributed by atoms with Gasteiger partial charge in [0.1, 0.15) is 18.0 Å². The van der Waals surface area contributed by atoms with Crippen molar-refractivity contribution in [1.82, 2.24) is 24.2 Å². The van der Waals surface area contributed by atoms with Crippen LogP contribution >= 0.6 is 0 Å². The Morgan fingerprint density at radius 1 is 1.00 bits per heavy atom. The van der Waals surface area contributed by atoms with Crippen molar-refractivity contribution < 1.29 is 8.78 Å². The molecular weight excluding hydrogens is 434 g/mol. The predicted molar refractivity (Wildman–Crippen MR) is 128 cm³/mol. The lowest BCUT2D eigenvalue weighted by Gasteiger charge is -2.36. The van der Waals surface area contributed by atoms with E-state index in [9.17, 15) is 8.78 Å². The minimum absolute atomic E-state index is 0.366. The van der Waals surface area contributed by atoms with Gasteiger partial charge in [0.05, 0.1) is 11.4 Å². The molecular formula is C26H26F2N6. The summed E-state index contributed by atoms with van der Waals surface area (Å²) in [6.45, 7) is 2.68. The van der Waals surface area contributed by atoms with Crippen LogP contribution < -0.4 is 4.90 Å². The first-order valence-electron chi connectivity index (χ1n) is 11.6. The summed E-state index contributed by atoms with van der Waals surface area (Å²) in [6.07, 6.45) is 5.92. The van der Waals surface area contributed by atoms with E-state index in [4.69, 9.17) is 0 Å². The molecule has 0 spiro atoms. The SMILES string of the molecule is CN(C)C1CCN(c2ccc3c(c2)Cn2cc(-c4ccc(F)cc4F)cc2-c2nncn2-3)CC1. The van der Waals surface area contributed by atoms with E-state index in [-0.39, 0.29) is 0 Å². The first kappa shape index (κ1) is 21.0. The molecule has 8 heteroatoms. The van der Waals surface area contributed by atoms with Gasteiger partial charge in [-0.1, -0.05) is 0 Å². The van der Waals surface area contributed by atoms with Crippen molar-refractivity contribution in [1.29, 1.82) is 0 Å². The molecule has 2 aromatic carbocycles. The van der Waals surface area contributed by atoms with Gasteiger partial charge in [0, 0.05) is 54.8 Å². The maximum absolute atomic E-state index is 14.5. The van der Waals surface area contributed by atoms with Crippen molar-refractivity contribution in [3.63, 3.8) is 0 Å². The number of nitrogens with zero attached hydrogens (tertiary/aromatic N) is 6. The van der Waals surface area contributed by atoms with E-state index in [0.29, 0.717) is 29.5 Å². The number of aromatic nitrogens is 4. The topological polar surface area (TPSA) is 42.1 Å². The predicted octanol–water partition coefficient (Wildman–Crippen LogP) is 4.57. The highest BCUT2D eigenvalue weighted by Gasteiger charge is 2.25. The summed E-state index contributed by atoms with van der Waals surface area (Å²) < 4.78 is 32.0. The highest BCUT2D eigenvalue weighted by molar-refractivity contribution is 5.72. The van der Waals surface area contributed by atoms with Gasteiger partial charge in [0.15, 0.2) is 5.82 Å². The standard InChI is InChI=1S/C26H26F2N6/c1-31(2)20-7-9-32(10-8-20)21-4-6-24-18(11-21)15-33-14-17(22-5-3-19(27)13-23(22)28)12-25(33)26-30-29-16-34(24)26/h3-6,11-14,16,20H,7-10,15H2,1-2H3. The Bertz CT molecular complexity index is 1360. The molecule has 2 aromatic heterocycles. The molecule has 0 atom stereocenters. The van der Waals surface area contributed by atoms with Gasteiger partial charge in [0.25, 0.3) is 0 Å². The molecule has 0 radical (unpaired) electrons. The Morgan fingerprint density at radius 2 is 1.82 bits per heavy atom. The monoisotopic (exact) mass is 460 g/mol. The molecule has 0 unspecified atom stereocenters. The number of hydrogen-bond donors (Lipinski definition) is 0. The molecule has 1 fully saturated rings. The minimum Gasteiger partial charge on any atom is -0.371 e. The number of fused-ring (bicyclic) bond motifs is 5. The van der Waals surface area contributed by atoms with Crippen LogP contribution in [0.5, 0.6) is 0 Å². The summed E-state index contributed by atoms with van der Waals surface area (Å²) in [5, 5.41) is 8.51. The lowest BCUT2D eigenvalue weighted by Crippen LogP contribution is -2.42. The van der Waals surface area contributed by atoms with E-state index in [1.54, 1.807) is 6.33 Å². The van der Waals surface area contributed by atoms with Crippen molar-refractivity contribution >= 4 is 5.69 Å². The molecule has 6 rings (SSSR count). The maximum atomic E-state index is 14.5. The second-order valence-corrected chi connectivity index (χ2v) is 9.39. The van der Waals surface area contributed by atoms with Gasteiger partial charge in [0.2, 0.25) is 0 Å². The second-order valence-electron chi connectivity index (χ2n) is 9.39. The first-order valence-corrected chi connectivity index (χ1v) is 11.6. The molecule has 174 valence electrons. The molecule has 2 aliphatic rings. The van der Waals surface area contributed by atoms with E-state index in [1.807, 2.05) is 16.8 Å². The lowest BCUT2D eigenvalue weighted by atomic mass is 10.0. The molecule has 34 heavy (non-hydrogen) atoms. The summed E-state index contributed by atoms with van der Waals surface area (Å²) in [6, 6.07) is 12.8. The third-order valence-corrected chi connectivity index (χ3v) is 7.14. The largest absolute Gasteiger partial charge is 0.371 e. The van der Waals surface area contributed by atoms with Crippen molar-refractivity contribution in [3.8, 4) is 28.3 Å². The van der Waals surface area contributed by atoms with Gasteiger partial charge >= 0.3 is 0 Å². The summed E-state index contributed by atoms with van der Waals surface area (Å²) >= 11 is 0. The van der Waals surface area contributed by atoms with Crippen molar-refractivity contribution in [2.75, 3.05) is 32.1 Å². The van der Waals surface area contributed by atoms with Crippen LogP contribution in [-0.4, -0.2) is 57.5 Å². The van der Waals surface area contributed by atoms with E-state index in [1.165, 1.54) is 17.8 Å². The molecule has 4 aromatic rings. The van der Waals surface area contributed by atoms with Crippen LogP contribution in [0.1, 0.15) is 18.4 Å². The normalized spacial score (nSPS) is 15.7. The van der Waals surface area contributed by atoms with Crippen molar-refractivity contribution in [3.05, 3.63) is 72.2 Å². The Kier molecular flexibility index (Phi) is 4.99. The maximum Gasteiger partial charge on any atom is 0.185 e. The molecule has 6 nitrogen and oxygen atoms in total. The quantitative estimate of drug-likeness (QED) is 0.396. The van der Waals surface area contributed by atoms with E-state index in [2.05, 4.69) is 56.9 Å². The van der Waals surface area contributed by atoms with Crippen LogP contribution in [0.15, 0.2) is 55.0 Å². The van der Waals surface area contributed by atoms with E-state index < -0.39 is 11.6 Å². The molecule has 0 aliphatic carbocycles. The summed E-state index contributed by atoms with van der Waals surface area (Å²) in [5.74, 6) is -0.462. The van der Waals surface area contributed by atoms with Gasteiger partial charge in [-0.05, 0) is 68.9 Å². The Morgan fingerprint density at radius 3 is 2.59 bits per heavy atom. The van der Waals surface area contributed by atoms with Gasteiger partial charge in [-0.25, -0.2) is 8.78 Å². The fraction of sp³-hybridized carbons (Fsp3) is 0.308. The lowest BCUT2D eigenvalue weighted by molar-refractivity contribution is 0.249. The van der Waals surface area contributed by atoms with E-state index >= 15 is 0 Å². The molecule has 0 N–H and O–H groups in total. The van der Waals surface area contributed by atoms with Crippen LogP contribution in [0.3, 0.4) is 0 Å². The second kappa shape index (κ2) is 8.06. The fourth-order valence-corrected chi connectivity index (χ4v) is 5.24. The van der Waals surface area contributed by atoms with Crippen LogP contribution in [0.25, 0.3) is 28.3 Å². The Balaban J connectivity index is 1.38. The third kappa shape index (κ3) is 3.49. The average Bonchev–Trinajstić information content (AvgIpc) is 3.44. The number of piperidine rings is 1. The number of rotatable bonds is 3. The number of benzene rings is 2. The average molecular weight is 461 g/mol. The molecule has 0 saturated carbocycles. The fourth-order valence-electron chi connectivity index (χ4n) is 5.24. The van der Waals surface area contributed by atoms with Gasteiger partial charge in [-0.2, -0.15) is 0 Å². The van der Waals surface area contributed by atoms with Crippen LogP contribution in [0, 0.1) is 11.6 Å². The number of halogens is 2. The van der Waals surface area contributed by atoms with Gasteiger partial charge in [-0.15, -0.1) is 10.2 Å². The first-order chi connectivity index (χ1) is 16.5. The van der Waals surface area contributed by atoms with Crippen LogP contribution in [0.2, 0.25) is 0 Å². The van der Waals surface area contributed by atoms with Gasteiger partial charge < -0.3 is 14.4 Å². The minimum atomic E-state index is -0.585. The molecule has 1 saturated heterocycles. The zero-order valence-electron chi connectivity index (χ0n) is 19.2. The molecule has 4 heterocycles. The Hall–Kier alpha value is -3.52. The number of anilines is 1. The molecule has 0 amide bonds. The summed E-state index contributed by atoms with van der Waals surface area (Å²) in [7, 11) is 4.31. The van der Waals surface area contributed by atoms with Crippen LogP contribution in [-0.2, 0) is 6.54 Å². The molecule has 0 bridgehead atoms. The Labute approximate surface area is 197 Å². The van der Waals surface area contributed by atoms with Crippen LogP contribution in [0.4, 0.5) is 14.5 Å². The zero-order chi connectivity index (χ0) is 23.4. The van der Waals surface area contributed by atoms with Crippen molar-refractivity contribution in [2.45, 2.75) is 25.4 Å². The summed E-state index contributed by atoms with van der Waals surface area (Å²) in [5.41, 5.74) is 5.31. The van der Waals surface area contributed by atoms with Gasteiger partial charge in [-0.3, -0.25) is 4.57 Å². The smallest absolute Gasteiger partial charge is 0.185 e. The zero-order valence-corrected chi connectivity index (χ0v) is 19.2. The van der Waals surface area contributed by atoms with Crippen molar-refractivity contribution in [2.24, 2.45) is 0 Å². The third-order valence-electron chi connectivity index (χ3n) is 7.14. The number of hydrogen-bond acceptors (Lipinski definition) is 4. The van der Waals surface area contributed by atoms with E-state index in [0.717, 1.165) is 48.9 Å². The summed E-state index contributed by atoms with van der Waals surface area (Å²) in [4.78, 5) is 4.77.